The van der Waals surface area contributed by atoms with Gasteiger partial charge in [-0.3, -0.25) is 9.10 Å². The summed E-state index contributed by atoms with van der Waals surface area (Å²) in [7, 11) is -3.60. The first kappa shape index (κ1) is 22.2. The van der Waals surface area contributed by atoms with Crippen LogP contribution in [0.4, 0.5) is 11.4 Å². The summed E-state index contributed by atoms with van der Waals surface area (Å²) in [6.07, 6.45) is 9.16. The fourth-order valence-corrected chi connectivity index (χ4v) is 7.93. The van der Waals surface area contributed by atoms with E-state index in [1.165, 1.54) is 48.4 Å². The highest BCUT2D eigenvalue weighted by Crippen LogP contribution is 2.60. The van der Waals surface area contributed by atoms with Gasteiger partial charge >= 0.3 is 0 Å². The van der Waals surface area contributed by atoms with Gasteiger partial charge in [-0.2, -0.15) is 0 Å². The zero-order valence-corrected chi connectivity index (χ0v) is 21.2. The lowest BCUT2D eigenvalue weighted by atomic mass is 9.48. The monoisotopic (exact) mass is 564 g/mol. The molecule has 0 unspecified atom stereocenters. The number of hydrogen-bond donors (Lipinski definition) is 1. The van der Waals surface area contributed by atoms with E-state index in [0.717, 1.165) is 27.6 Å². The Balaban J connectivity index is 1.34. The van der Waals surface area contributed by atoms with Crippen LogP contribution in [0.2, 0.25) is 0 Å². The van der Waals surface area contributed by atoms with Crippen molar-refractivity contribution in [3.63, 3.8) is 0 Å². The van der Waals surface area contributed by atoms with Crippen LogP contribution in [0.15, 0.2) is 48.5 Å². The maximum absolute atomic E-state index is 12.6. The Hall–Kier alpha value is -1.61. The van der Waals surface area contributed by atoms with Crippen LogP contribution in [0, 0.1) is 21.3 Å². The van der Waals surface area contributed by atoms with Crippen molar-refractivity contribution in [1.82, 2.24) is 0 Å². The van der Waals surface area contributed by atoms with Crippen LogP contribution in [0.3, 0.4) is 0 Å². The summed E-state index contributed by atoms with van der Waals surface area (Å²) >= 11 is 2.20. The maximum atomic E-state index is 12.6. The molecule has 4 fully saturated rings. The fraction of sp³-hybridized carbons (Fsp3) is 0.480. The minimum absolute atomic E-state index is 0.248. The predicted molar refractivity (Wildman–Crippen MR) is 136 cm³/mol. The van der Waals surface area contributed by atoms with E-state index in [-0.39, 0.29) is 17.9 Å². The van der Waals surface area contributed by atoms with Crippen LogP contribution in [-0.4, -0.2) is 27.1 Å². The molecule has 1 N–H and O–H groups in total. The molecule has 0 heterocycles. The number of nitrogens with one attached hydrogen (secondary N) is 1. The molecule has 0 aliphatic heterocycles. The summed E-state index contributed by atoms with van der Waals surface area (Å²) in [5.74, 6) is 2.22. The average Bonchev–Trinajstić information content (AvgIpc) is 2.72. The van der Waals surface area contributed by atoms with Gasteiger partial charge in [-0.1, -0.05) is 12.1 Å². The van der Waals surface area contributed by atoms with Crippen LogP contribution < -0.4 is 9.62 Å². The van der Waals surface area contributed by atoms with Gasteiger partial charge in [-0.05, 0) is 126 Å². The van der Waals surface area contributed by atoms with Crippen molar-refractivity contribution in [2.75, 3.05) is 22.4 Å². The second-order valence-corrected chi connectivity index (χ2v) is 13.2. The van der Waals surface area contributed by atoms with E-state index in [1.807, 2.05) is 36.4 Å². The SMILES string of the molecule is CS(=O)(=O)N(CC(=O)Nc1ccc(I)cc1)c1ccc(C23CC4CC(CC(C4)C2)C3)cc1. The smallest absolute Gasteiger partial charge is 0.245 e. The Labute approximate surface area is 204 Å². The summed E-state index contributed by atoms with van der Waals surface area (Å²) in [5, 5.41) is 2.79. The minimum Gasteiger partial charge on any atom is -0.325 e. The number of hydrogen-bond acceptors (Lipinski definition) is 3. The van der Waals surface area contributed by atoms with Crippen molar-refractivity contribution in [2.24, 2.45) is 17.8 Å². The molecule has 0 saturated heterocycles. The first-order valence-corrected chi connectivity index (χ1v) is 14.3. The number of nitrogens with zero attached hydrogens (tertiary/aromatic N) is 1. The van der Waals surface area contributed by atoms with Gasteiger partial charge < -0.3 is 5.32 Å². The number of benzene rings is 2. The highest BCUT2D eigenvalue weighted by Gasteiger charge is 2.51. The molecular formula is C25H29IN2O3S. The Kier molecular flexibility index (Phi) is 5.76. The molecule has 4 aliphatic carbocycles. The second-order valence-electron chi connectivity index (χ2n) is 10.1. The van der Waals surface area contributed by atoms with Crippen LogP contribution in [0.5, 0.6) is 0 Å². The molecule has 4 aliphatic rings. The number of carbonyl (C=O) groups is 1. The molecule has 4 bridgehead atoms. The summed E-state index contributed by atoms with van der Waals surface area (Å²) in [5.41, 5.74) is 2.81. The van der Waals surface area contributed by atoms with E-state index < -0.39 is 10.0 Å². The lowest BCUT2D eigenvalue weighted by Gasteiger charge is -2.57. The van der Waals surface area contributed by atoms with Crippen LogP contribution >= 0.6 is 22.6 Å². The molecule has 2 aromatic carbocycles. The molecule has 6 rings (SSSR count). The quantitative estimate of drug-likeness (QED) is 0.493. The largest absolute Gasteiger partial charge is 0.325 e. The minimum atomic E-state index is -3.60. The third kappa shape index (κ3) is 4.42. The summed E-state index contributed by atoms with van der Waals surface area (Å²) in [6, 6.07) is 15.4. The predicted octanol–water partition coefficient (Wildman–Crippen LogP) is 5.16. The van der Waals surface area contributed by atoms with Crippen LogP contribution in [-0.2, 0) is 20.2 Å². The second kappa shape index (κ2) is 8.31. The maximum Gasteiger partial charge on any atom is 0.245 e. The van der Waals surface area contributed by atoms with Gasteiger partial charge in [0.05, 0.1) is 11.9 Å². The van der Waals surface area contributed by atoms with Crippen molar-refractivity contribution in [1.29, 1.82) is 0 Å². The third-order valence-electron chi connectivity index (χ3n) is 7.62. The fourth-order valence-electron chi connectivity index (χ4n) is 6.71. The average molecular weight is 564 g/mol. The lowest BCUT2D eigenvalue weighted by Crippen LogP contribution is -2.48. The third-order valence-corrected chi connectivity index (χ3v) is 9.48. The molecule has 0 aromatic heterocycles. The Morgan fingerprint density at radius 1 is 0.969 bits per heavy atom. The standard InChI is InChI=1S/C25H29IN2O3S/c1-32(30,31)28(16-24(29)27-22-6-4-21(26)5-7-22)23-8-2-20(3-9-23)25-13-17-10-18(14-25)12-19(11-17)15-25/h2-9,17-19H,10-16H2,1H3,(H,27,29). The van der Waals surface area contributed by atoms with Gasteiger partial charge in [0, 0.05) is 9.26 Å². The molecule has 0 atom stereocenters. The Bertz CT molecular complexity index is 1080. The Morgan fingerprint density at radius 3 is 2.00 bits per heavy atom. The zero-order valence-electron chi connectivity index (χ0n) is 18.3. The number of rotatable bonds is 6. The zero-order chi connectivity index (χ0) is 22.5. The summed E-state index contributed by atoms with van der Waals surface area (Å²) in [6.45, 7) is -0.248. The van der Waals surface area contributed by atoms with E-state index >= 15 is 0 Å². The van der Waals surface area contributed by atoms with Crippen molar-refractivity contribution in [3.8, 4) is 0 Å². The summed E-state index contributed by atoms with van der Waals surface area (Å²) in [4.78, 5) is 12.6. The van der Waals surface area contributed by atoms with E-state index in [0.29, 0.717) is 11.4 Å². The van der Waals surface area contributed by atoms with E-state index in [2.05, 4.69) is 40.0 Å². The first-order chi connectivity index (χ1) is 15.2. The van der Waals surface area contributed by atoms with Crippen molar-refractivity contribution < 1.29 is 13.2 Å². The topological polar surface area (TPSA) is 66.5 Å². The lowest BCUT2D eigenvalue weighted by molar-refractivity contribution is -0.114. The van der Waals surface area contributed by atoms with Crippen molar-refractivity contribution in [2.45, 2.75) is 43.9 Å². The molecule has 4 saturated carbocycles. The molecule has 1 amide bonds. The molecule has 0 spiro atoms. The number of carbonyl (C=O) groups excluding carboxylic acids is 1. The molecule has 0 radical (unpaired) electrons. The molecule has 5 nitrogen and oxygen atoms in total. The molecule has 32 heavy (non-hydrogen) atoms. The molecular weight excluding hydrogens is 535 g/mol. The van der Waals surface area contributed by atoms with Gasteiger partial charge in [0.25, 0.3) is 0 Å². The molecule has 2 aromatic rings. The van der Waals surface area contributed by atoms with E-state index in [1.54, 1.807) is 0 Å². The number of amides is 1. The van der Waals surface area contributed by atoms with E-state index in [4.69, 9.17) is 0 Å². The Morgan fingerprint density at radius 2 is 1.50 bits per heavy atom. The van der Waals surface area contributed by atoms with Crippen LogP contribution in [0.25, 0.3) is 0 Å². The van der Waals surface area contributed by atoms with Crippen molar-refractivity contribution >= 4 is 49.9 Å². The summed E-state index contributed by atoms with van der Waals surface area (Å²) < 4.78 is 27.3. The number of anilines is 2. The normalized spacial score (nSPS) is 28.5. The number of halogens is 1. The highest BCUT2D eigenvalue weighted by atomic mass is 127. The van der Waals surface area contributed by atoms with Gasteiger partial charge in [0.1, 0.15) is 6.54 Å². The number of sulfonamides is 1. The van der Waals surface area contributed by atoms with Crippen molar-refractivity contribution in [3.05, 3.63) is 57.7 Å². The van der Waals surface area contributed by atoms with Gasteiger partial charge in [-0.25, -0.2) is 8.42 Å². The molecule has 170 valence electrons. The van der Waals surface area contributed by atoms with Gasteiger partial charge in [0.15, 0.2) is 0 Å². The highest BCUT2D eigenvalue weighted by molar-refractivity contribution is 14.1. The van der Waals surface area contributed by atoms with Gasteiger partial charge in [0.2, 0.25) is 15.9 Å². The van der Waals surface area contributed by atoms with E-state index in [9.17, 15) is 13.2 Å². The van der Waals surface area contributed by atoms with Crippen LogP contribution in [0.1, 0.15) is 44.1 Å². The van der Waals surface area contributed by atoms with Gasteiger partial charge in [-0.15, -0.1) is 0 Å². The molecule has 7 heteroatoms. The first-order valence-electron chi connectivity index (χ1n) is 11.3.